The highest BCUT2D eigenvalue weighted by Gasteiger charge is 2.15. The molecule has 0 unspecified atom stereocenters. The normalized spacial score (nSPS) is 11.0. The topological polar surface area (TPSA) is 65.5 Å². The summed E-state index contributed by atoms with van der Waals surface area (Å²) in [5.74, 6) is 1.57. The molecule has 3 aromatic heterocycles. The number of hydrogen-bond acceptors (Lipinski definition) is 5. The Labute approximate surface area is 161 Å². The van der Waals surface area contributed by atoms with E-state index in [9.17, 15) is 0 Å². The van der Waals surface area contributed by atoms with E-state index >= 15 is 0 Å². The number of fused-ring (bicyclic) bond motifs is 1. The molecule has 0 aliphatic rings. The Morgan fingerprint density at radius 3 is 2.50 bits per heavy atom. The number of pyridine rings is 1. The van der Waals surface area contributed by atoms with Gasteiger partial charge in [0.15, 0.2) is 0 Å². The van der Waals surface area contributed by atoms with Crippen LogP contribution < -0.4 is 4.74 Å². The predicted octanol–water partition coefficient (Wildman–Crippen LogP) is 4.63. The van der Waals surface area contributed by atoms with Crippen molar-refractivity contribution in [3.63, 3.8) is 0 Å². The second-order valence-corrected chi connectivity index (χ2v) is 6.26. The minimum Gasteiger partial charge on any atom is -0.486 e. The van der Waals surface area contributed by atoms with E-state index in [1.54, 1.807) is 0 Å². The molecule has 0 amide bonds. The van der Waals surface area contributed by atoms with Crippen molar-refractivity contribution in [2.24, 2.45) is 0 Å². The van der Waals surface area contributed by atoms with Crippen LogP contribution in [0.4, 0.5) is 0 Å². The fraction of sp³-hybridized carbons (Fsp3) is 0.0455. The van der Waals surface area contributed by atoms with Crippen LogP contribution >= 0.6 is 0 Å². The van der Waals surface area contributed by atoms with Gasteiger partial charge in [0.2, 0.25) is 5.89 Å². The van der Waals surface area contributed by atoms with Gasteiger partial charge in [0.05, 0.1) is 11.3 Å². The first-order valence-electron chi connectivity index (χ1n) is 8.90. The van der Waals surface area contributed by atoms with Crippen LogP contribution in [0.3, 0.4) is 0 Å². The van der Waals surface area contributed by atoms with Crippen LogP contribution in [-0.4, -0.2) is 19.6 Å². The van der Waals surface area contributed by atoms with Gasteiger partial charge in [-0.25, -0.2) is 4.98 Å². The lowest BCUT2D eigenvalue weighted by Crippen LogP contribution is -1.97. The summed E-state index contributed by atoms with van der Waals surface area (Å²) < 4.78 is 13.9. The van der Waals surface area contributed by atoms with E-state index < -0.39 is 0 Å². The largest absolute Gasteiger partial charge is 0.486 e. The van der Waals surface area contributed by atoms with Gasteiger partial charge in [0.25, 0.3) is 5.89 Å². The lowest BCUT2D eigenvalue weighted by Gasteiger charge is -2.07. The van der Waals surface area contributed by atoms with E-state index in [4.69, 9.17) is 9.15 Å². The van der Waals surface area contributed by atoms with Crippen molar-refractivity contribution in [3.8, 4) is 28.7 Å². The van der Waals surface area contributed by atoms with Gasteiger partial charge in [0.1, 0.15) is 18.0 Å². The summed E-state index contributed by atoms with van der Waals surface area (Å²) >= 11 is 0. The summed E-state index contributed by atoms with van der Waals surface area (Å²) in [6, 6.07) is 23.2. The first kappa shape index (κ1) is 16.3. The molecule has 0 atom stereocenters. The molecular formula is C22H16N4O2. The molecule has 5 rings (SSSR count). The van der Waals surface area contributed by atoms with Gasteiger partial charge in [-0.15, -0.1) is 10.2 Å². The van der Waals surface area contributed by atoms with Gasteiger partial charge in [-0.2, -0.15) is 0 Å². The van der Waals surface area contributed by atoms with Crippen LogP contribution in [0.15, 0.2) is 89.6 Å². The Balaban J connectivity index is 1.41. The second kappa shape index (κ2) is 7.00. The third-order valence-electron chi connectivity index (χ3n) is 4.35. The van der Waals surface area contributed by atoms with Crippen LogP contribution in [0.5, 0.6) is 5.75 Å². The highest BCUT2D eigenvalue weighted by Crippen LogP contribution is 2.31. The van der Waals surface area contributed by atoms with E-state index in [0.29, 0.717) is 24.1 Å². The zero-order chi connectivity index (χ0) is 18.8. The average molecular weight is 368 g/mol. The average Bonchev–Trinajstić information content (AvgIpc) is 3.40. The molecule has 0 spiro atoms. The lowest BCUT2D eigenvalue weighted by atomic mass is 10.2. The van der Waals surface area contributed by atoms with E-state index in [0.717, 1.165) is 22.5 Å². The molecule has 2 aromatic carbocycles. The number of imidazole rings is 1. The van der Waals surface area contributed by atoms with E-state index in [-0.39, 0.29) is 0 Å². The summed E-state index contributed by atoms with van der Waals surface area (Å²) in [5.41, 5.74) is 3.36. The van der Waals surface area contributed by atoms with Gasteiger partial charge in [0, 0.05) is 18.0 Å². The zero-order valence-corrected chi connectivity index (χ0v) is 14.9. The minimum absolute atomic E-state index is 0.346. The molecule has 0 saturated carbocycles. The van der Waals surface area contributed by atoms with Gasteiger partial charge in [-0.05, 0) is 36.4 Å². The molecule has 5 aromatic rings. The first-order chi connectivity index (χ1) is 13.9. The summed E-state index contributed by atoms with van der Waals surface area (Å²) in [6.45, 7) is 0.346. The third-order valence-corrected chi connectivity index (χ3v) is 4.35. The molecule has 6 nitrogen and oxygen atoms in total. The number of hydrogen-bond donors (Lipinski definition) is 0. The van der Waals surface area contributed by atoms with Gasteiger partial charge < -0.3 is 13.6 Å². The van der Waals surface area contributed by atoms with Crippen molar-refractivity contribution in [1.29, 1.82) is 0 Å². The fourth-order valence-electron chi connectivity index (χ4n) is 3.01. The Morgan fingerprint density at radius 2 is 1.61 bits per heavy atom. The number of para-hydroxylation sites is 1. The number of ether oxygens (including phenoxy) is 1. The van der Waals surface area contributed by atoms with Crippen LogP contribution in [0.2, 0.25) is 0 Å². The molecule has 0 aliphatic carbocycles. The molecule has 136 valence electrons. The summed E-state index contributed by atoms with van der Waals surface area (Å²) in [5, 5.41) is 8.36. The van der Waals surface area contributed by atoms with E-state index in [1.165, 1.54) is 0 Å². The number of benzene rings is 2. The molecule has 28 heavy (non-hydrogen) atoms. The van der Waals surface area contributed by atoms with Crippen molar-refractivity contribution in [3.05, 3.63) is 90.9 Å². The second-order valence-electron chi connectivity index (χ2n) is 6.26. The Kier molecular flexibility index (Phi) is 4.06. The lowest BCUT2D eigenvalue weighted by molar-refractivity contribution is 0.302. The maximum atomic E-state index is 6.02. The highest BCUT2D eigenvalue weighted by molar-refractivity contribution is 5.64. The van der Waals surface area contributed by atoms with Crippen LogP contribution in [0.1, 0.15) is 5.69 Å². The predicted molar refractivity (Wildman–Crippen MR) is 105 cm³/mol. The van der Waals surface area contributed by atoms with Gasteiger partial charge >= 0.3 is 0 Å². The minimum atomic E-state index is 0.346. The molecule has 0 N–H and O–H groups in total. The Bertz CT molecular complexity index is 1190. The van der Waals surface area contributed by atoms with Crippen LogP contribution in [-0.2, 0) is 6.61 Å². The SMILES string of the molecule is c1ccc(-c2nnc(-c3ccccc3OCc3cn4ccccc4n3)o2)cc1. The standard InChI is InChI=1S/C22H16N4O2/c1-2-8-16(9-3-1)21-24-25-22(28-21)18-10-4-5-11-19(18)27-15-17-14-26-13-7-6-12-20(26)23-17/h1-14H,15H2. The number of rotatable bonds is 5. The van der Waals surface area contributed by atoms with Crippen molar-refractivity contribution in [1.82, 2.24) is 19.6 Å². The quantitative estimate of drug-likeness (QED) is 0.452. The molecule has 6 heteroatoms. The molecule has 3 heterocycles. The van der Waals surface area contributed by atoms with Crippen molar-refractivity contribution in [2.45, 2.75) is 6.61 Å². The maximum absolute atomic E-state index is 6.02. The number of nitrogens with zero attached hydrogens (tertiary/aromatic N) is 4. The van der Waals surface area contributed by atoms with Gasteiger partial charge in [-0.3, -0.25) is 0 Å². The molecule has 0 radical (unpaired) electrons. The van der Waals surface area contributed by atoms with Crippen LogP contribution in [0.25, 0.3) is 28.6 Å². The summed E-state index contributed by atoms with van der Waals surface area (Å²) in [6.07, 6.45) is 3.92. The zero-order valence-electron chi connectivity index (χ0n) is 14.9. The molecule has 0 aliphatic heterocycles. The van der Waals surface area contributed by atoms with Crippen molar-refractivity contribution >= 4 is 5.65 Å². The van der Waals surface area contributed by atoms with Crippen molar-refractivity contribution < 1.29 is 9.15 Å². The van der Waals surface area contributed by atoms with Crippen molar-refractivity contribution in [2.75, 3.05) is 0 Å². The molecule has 0 fully saturated rings. The first-order valence-corrected chi connectivity index (χ1v) is 8.90. The maximum Gasteiger partial charge on any atom is 0.251 e. The molecule has 0 bridgehead atoms. The van der Waals surface area contributed by atoms with Crippen LogP contribution in [0, 0.1) is 0 Å². The Hall–Kier alpha value is -3.93. The Morgan fingerprint density at radius 1 is 0.821 bits per heavy atom. The molecular weight excluding hydrogens is 352 g/mol. The number of aromatic nitrogens is 4. The van der Waals surface area contributed by atoms with E-state index in [1.807, 2.05) is 89.6 Å². The highest BCUT2D eigenvalue weighted by atomic mass is 16.5. The summed E-state index contributed by atoms with van der Waals surface area (Å²) in [7, 11) is 0. The fourth-order valence-corrected chi connectivity index (χ4v) is 3.01. The smallest absolute Gasteiger partial charge is 0.251 e. The third kappa shape index (κ3) is 3.12. The monoisotopic (exact) mass is 368 g/mol. The summed E-state index contributed by atoms with van der Waals surface area (Å²) in [4.78, 5) is 4.56. The van der Waals surface area contributed by atoms with Gasteiger partial charge in [-0.1, -0.05) is 36.4 Å². The van der Waals surface area contributed by atoms with E-state index in [2.05, 4.69) is 15.2 Å². The molecule has 0 saturated heterocycles.